The molecule has 1 N–H and O–H groups in total. The van der Waals surface area contributed by atoms with Crippen LogP contribution >= 0.6 is 0 Å². The number of alkyl carbamates (subject to hydrolysis) is 1. The van der Waals surface area contributed by atoms with Crippen molar-refractivity contribution in [3.05, 3.63) is 24.0 Å². The molecule has 0 saturated heterocycles. The summed E-state index contributed by atoms with van der Waals surface area (Å²) in [5, 5.41) is 2.51. The average Bonchev–Trinajstić information content (AvgIpc) is 2.37. The van der Waals surface area contributed by atoms with Crippen LogP contribution in [-0.2, 0) is 20.7 Å². The number of rotatable bonds is 4. The third-order valence-electron chi connectivity index (χ3n) is 2.56. The number of methoxy groups -OCH3 is 1. The summed E-state index contributed by atoms with van der Waals surface area (Å²) in [6.07, 6.45) is 1.29. The molecular formula is C14H21BN2O4. The standard InChI is InChI=1S/C14H21BN2O4/c1-14(2,3)21-13(19)17-11(12(18)20-4)7-10-6-5-9(15)8-16-10/h5-6,8,11H,7,15H2,1-4H3,(H,17,19). The number of carbonyl (C=O) groups is 2. The number of ether oxygens (including phenoxy) is 2. The van der Waals surface area contributed by atoms with Crippen molar-refractivity contribution in [2.24, 2.45) is 0 Å². The topological polar surface area (TPSA) is 77.5 Å². The van der Waals surface area contributed by atoms with E-state index in [9.17, 15) is 9.59 Å². The average molecular weight is 292 g/mol. The zero-order chi connectivity index (χ0) is 16.0. The maximum absolute atomic E-state index is 11.8. The zero-order valence-electron chi connectivity index (χ0n) is 13.1. The number of nitrogens with one attached hydrogen (secondary N) is 1. The second kappa shape index (κ2) is 7.10. The number of nitrogens with zero attached hydrogens (tertiary/aromatic N) is 1. The fourth-order valence-electron chi connectivity index (χ4n) is 1.61. The predicted molar refractivity (Wildman–Crippen MR) is 81.3 cm³/mol. The van der Waals surface area contributed by atoms with E-state index in [1.54, 1.807) is 27.0 Å². The van der Waals surface area contributed by atoms with Crippen LogP contribution in [0.4, 0.5) is 4.79 Å². The van der Waals surface area contributed by atoms with Gasteiger partial charge in [0, 0.05) is 18.3 Å². The quantitative estimate of drug-likeness (QED) is 0.622. The fourth-order valence-corrected chi connectivity index (χ4v) is 1.61. The van der Waals surface area contributed by atoms with Gasteiger partial charge in [-0.15, -0.1) is 0 Å². The number of aromatic nitrogens is 1. The Kier molecular flexibility index (Phi) is 5.75. The van der Waals surface area contributed by atoms with Crippen molar-refractivity contribution in [1.29, 1.82) is 0 Å². The Balaban J connectivity index is 2.74. The zero-order valence-corrected chi connectivity index (χ0v) is 13.1. The van der Waals surface area contributed by atoms with E-state index >= 15 is 0 Å². The maximum atomic E-state index is 11.8. The Morgan fingerprint density at radius 3 is 2.52 bits per heavy atom. The minimum absolute atomic E-state index is 0.242. The second-order valence-electron chi connectivity index (χ2n) is 5.75. The number of esters is 1. The molecule has 0 fully saturated rings. The van der Waals surface area contributed by atoms with Gasteiger partial charge in [-0.2, -0.15) is 0 Å². The van der Waals surface area contributed by atoms with Crippen molar-refractivity contribution in [2.75, 3.05) is 7.11 Å². The summed E-state index contributed by atoms with van der Waals surface area (Å²) in [6, 6.07) is 2.87. The first-order valence-electron chi connectivity index (χ1n) is 6.70. The van der Waals surface area contributed by atoms with Gasteiger partial charge >= 0.3 is 12.1 Å². The summed E-state index contributed by atoms with van der Waals surface area (Å²) in [7, 11) is 3.20. The largest absolute Gasteiger partial charge is 0.467 e. The van der Waals surface area contributed by atoms with Gasteiger partial charge in [0.2, 0.25) is 0 Å². The van der Waals surface area contributed by atoms with E-state index in [-0.39, 0.29) is 6.42 Å². The molecule has 1 aromatic heterocycles. The molecule has 1 atom stereocenters. The minimum atomic E-state index is -0.833. The summed E-state index contributed by atoms with van der Waals surface area (Å²) >= 11 is 0. The van der Waals surface area contributed by atoms with Crippen LogP contribution in [0.25, 0.3) is 0 Å². The van der Waals surface area contributed by atoms with Crippen molar-refractivity contribution < 1.29 is 19.1 Å². The summed E-state index contributed by atoms with van der Waals surface area (Å²) < 4.78 is 9.84. The SMILES string of the molecule is Bc1ccc(CC(NC(=O)OC(C)(C)C)C(=O)OC)nc1. The van der Waals surface area contributed by atoms with Crippen LogP contribution in [0.2, 0.25) is 0 Å². The molecule has 0 spiro atoms. The lowest BCUT2D eigenvalue weighted by atomic mass is 9.98. The van der Waals surface area contributed by atoms with E-state index in [0.29, 0.717) is 5.69 Å². The lowest BCUT2D eigenvalue weighted by Crippen LogP contribution is -2.45. The molecule has 0 aliphatic heterocycles. The molecule has 0 bridgehead atoms. The monoisotopic (exact) mass is 292 g/mol. The molecule has 114 valence electrons. The third kappa shape index (κ3) is 6.29. The van der Waals surface area contributed by atoms with Gasteiger partial charge < -0.3 is 14.8 Å². The van der Waals surface area contributed by atoms with E-state index in [1.165, 1.54) is 7.11 Å². The van der Waals surface area contributed by atoms with Gasteiger partial charge in [-0.05, 0) is 26.8 Å². The minimum Gasteiger partial charge on any atom is -0.467 e. The maximum Gasteiger partial charge on any atom is 0.408 e. The van der Waals surface area contributed by atoms with E-state index in [1.807, 2.05) is 20.0 Å². The van der Waals surface area contributed by atoms with E-state index in [0.717, 1.165) is 5.46 Å². The first-order chi connectivity index (χ1) is 9.71. The molecule has 21 heavy (non-hydrogen) atoms. The molecule has 6 nitrogen and oxygen atoms in total. The molecule has 0 saturated carbocycles. The highest BCUT2D eigenvalue weighted by Gasteiger charge is 2.25. The van der Waals surface area contributed by atoms with Gasteiger partial charge in [-0.1, -0.05) is 11.5 Å². The highest BCUT2D eigenvalue weighted by molar-refractivity contribution is 6.32. The van der Waals surface area contributed by atoms with Crippen LogP contribution in [0.1, 0.15) is 26.5 Å². The summed E-state index contributed by atoms with van der Waals surface area (Å²) in [4.78, 5) is 27.8. The van der Waals surface area contributed by atoms with Gasteiger partial charge in [-0.3, -0.25) is 4.98 Å². The smallest absolute Gasteiger partial charge is 0.408 e. The van der Waals surface area contributed by atoms with Crippen molar-refractivity contribution >= 4 is 25.4 Å². The van der Waals surface area contributed by atoms with Crippen molar-refractivity contribution in [3.8, 4) is 0 Å². The number of hydrogen-bond donors (Lipinski definition) is 1. The first kappa shape index (κ1) is 17.0. The van der Waals surface area contributed by atoms with Crippen LogP contribution in [0.3, 0.4) is 0 Å². The molecule has 0 aromatic carbocycles. The molecule has 1 aromatic rings. The van der Waals surface area contributed by atoms with Crippen LogP contribution in [0.5, 0.6) is 0 Å². The molecule has 0 aliphatic rings. The Labute approximate surface area is 125 Å². The van der Waals surface area contributed by atoms with Crippen molar-refractivity contribution in [3.63, 3.8) is 0 Å². The number of carbonyl (C=O) groups excluding carboxylic acids is 2. The summed E-state index contributed by atoms with van der Waals surface area (Å²) in [5.74, 6) is -0.539. The van der Waals surface area contributed by atoms with Crippen LogP contribution < -0.4 is 10.8 Å². The summed E-state index contributed by atoms with van der Waals surface area (Å²) in [6.45, 7) is 5.25. The van der Waals surface area contributed by atoms with Gasteiger partial charge in [0.15, 0.2) is 0 Å². The molecule has 0 aliphatic carbocycles. The van der Waals surface area contributed by atoms with Crippen LogP contribution in [0.15, 0.2) is 18.3 Å². The number of amides is 1. The molecular weight excluding hydrogens is 271 g/mol. The normalized spacial score (nSPS) is 12.4. The molecule has 1 rings (SSSR count). The van der Waals surface area contributed by atoms with E-state index in [4.69, 9.17) is 9.47 Å². The van der Waals surface area contributed by atoms with Crippen LogP contribution in [0, 0.1) is 0 Å². The molecule has 1 amide bonds. The van der Waals surface area contributed by atoms with Crippen LogP contribution in [-0.4, -0.2) is 43.6 Å². The van der Waals surface area contributed by atoms with Crippen molar-refractivity contribution in [1.82, 2.24) is 10.3 Å². The molecule has 1 heterocycles. The Morgan fingerprint density at radius 2 is 2.05 bits per heavy atom. The Bertz CT molecular complexity index is 497. The highest BCUT2D eigenvalue weighted by Crippen LogP contribution is 2.08. The van der Waals surface area contributed by atoms with E-state index < -0.39 is 23.7 Å². The first-order valence-corrected chi connectivity index (χ1v) is 6.70. The highest BCUT2D eigenvalue weighted by atomic mass is 16.6. The number of pyridine rings is 1. The molecule has 7 heteroatoms. The van der Waals surface area contributed by atoms with Gasteiger partial charge in [-0.25, -0.2) is 9.59 Å². The Morgan fingerprint density at radius 1 is 1.38 bits per heavy atom. The fraction of sp³-hybridized carbons (Fsp3) is 0.500. The lowest BCUT2D eigenvalue weighted by molar-refractivity contribution is -0.143. The lowest BCUT2D eigenvalue weighted by Gasteiger charge is -2.22. The predicted octanol–water partition coefficient (Wildman–Crippen LogP) is -0.0512. The van der Waals surface area contributed by atoms with Gasteiger partial charge in [0.1, 0.15) is 19.5 Å². The number of hydrogen-bond acceptors (Lipinski definition) is 5. The molecule has 0 radical (unpaired) electrons. The second-order valence-corrected chi connectivity index (χ2v) is 5.75. The summed E-state index contributed by atoms with van der Waals surface area (Å²) in [5.41, 5.74) is 1.08. The third-order valence-corrected chi connectivity index (χ3v) is 2.56. The van der Waals surface area contributed by atoms with Gasteiger partial charge in [0.05, 0.1) is 7.11 Å². The Hall–Kier alpha value is -2.05. The molecule has 1 unspecified atom stereocenters. The van der Waals surface area contributed by atoms with Gasteiger partial charge in [0.25, 0.3) is 0 Å². The van der Waals surface area contributed by atoms with E-state index in [2.05, 4.69) is 10.3 Å². The van der Waals surface area contributed by atoms with Crippen molar-refractivity contribution in [2.45, 2.75) is 38.8 Å².